The molecule has 152 valence electrons. The summed E-state index contributed by atoms with van der Waals surface area (Å²) in [5, 5.41) is 3.45. The van der Waals surface area contributed by atoms with Gasteiger partial charge in [0.1, 0.15) is 5.76 Å². The number of halogens is 1. The van der Waals surface area contributed by atoms with Crippen LogP contribution in [0.3, 0.4) is 0 Å². The lowest BCUT2D eigenvalue weighted by Crippen LogP contribution is -2.43. The molecule has 28 heavy (non-hydrogen) atoms. The number of benzene rings is 1. The summed E-state index contributed by atoms with van der Waals surface area (Å²) in [6.07, 6.45) is 7.90. The Morgan fingerprint density at radius 3 is 2.39 bits per heavy atom. The number of hydrogen-bond acceptors (Lipinski definition) is 4. The average Bonchev–Trinajstić information content (AvgIpc) is 3.04. The summed E-state index contributed by atoms with van der Waals surface area (Å²) in [5.41, 5.74) is 0. The highest BCUT2D eigenvalue weighted by molar-refractivity contribution is 7.89. The second kappa shape index (κ2) is 9.58. The number of rotatable bonds is 7. The molecule has 3 rings (SSSR count). The summed E-state index contributed by atoms with van der Waals surface area (Å²) < 4.78 is 32.7. The molecule has 0 unspecified atom stereocenters. The molecular formula is C20H25ClN2O4S. The van der Waals surface area contributed by atoms with Crippen molar-refractivity contribution in [3.05, 3.63) is 53.4 Å². The fourth-order valence-corrected chi connectivity index (χ4v) is 4.90. The highest BCUT2D eigenvalue weighted by atomic mass is 35.5. The first-order valence-corrected chi connectivity index (χ1v) is 11.3. The van der Waals surface area contributed by atoms with Gasteiger partial charge in [-0.05, 0) is 49.2 Å². The van der Waals surface area contributed by atoms with Gasteiger partial charge in [-0.2, -0.15) is 4.31 Å². The molecule has 1 fully saturated rings. The highest BCUT2D eigenvalue weighted by Gasteiger charge is 2.28. The van der Waals surface area contributed by atoms with Gasteiger partial charge in [-0.25, -0.2) is 8.42 Å². The molecule has 0 aliphatic heterocycles. The number of carbonyl (C=O) groups excluding carboxylic acids is 1. The van der Waals surface area contributed by atoms with Crippen molar-refractivity contribution in [1.82, 2.24) is 9.62 Å². The van der Waals surface area contributed by atoms with E-state index in [9.17, 15) is 13.2 Å². The summed E-state index contributed by atoms with van der Waals surface area (Å²) >= 11 is 5.87. The SMILES string of the molecule is O=C(CN(Cc1ccco1)S(=O)(=O)c1ccc(Cl)cc1)NC1CCCCCC1. The zero-order valence-corrected chi connectivity index (χ0v) is 17.2. The van der Waals surface area contributed by atoms with E-state index in [0.717, 1.165) is 30.0 Å². The molecule has 8 heteroatoms. The van der Waals surface area contributed by atoms with Crippen LogP contribution in [0.2, 0.25) is 5.02 Å². The van der Waals surface area contributed by atoms with Crippen LogP contribution in [-0.2, 0) is 21.4 Å². The van der Waals surface area contributed by atoms with Gasteiger partial charge in [0.25, 0.3) is 0 Å². The quantitative estimate of drug-likeness (QED) is 0.682. The lowest BCUT2D eigenvalue weighted by Gasteiger charge is -2.23. The zero-order chi connectivity index (χ0) is 20.0. The number of hydrogen-bond donors (Lipinski definition) is 1. The van der Waals surface area contributed by atoms with Crippen molar-refractivity contribution < 1.29 is 17.6 Å². The van der Waals surface area contributed by atoms with E-state index >= 15 is 0 Å². The Balaban J connectivity index is 1.76. The van der Waals surface area contributed by atoms with Crippen molar-refractivity contribution in [2.75, 3.05) is 6.54 Å². The van der Waals surface area contributed by atoms with Gasteiger partial charge < -0.3 is 9.73 Å². The van der Waals surface area contributed by atoms with Crippen molar-refractivity contribution in [2.45, 2.75) is 56.0 Å². The molecule has 1 aromatic heterocycles. The third kappa shape index (κ3) is 5.59. The lowest BCUT2D eigenvalue weighted by molar-refractivity contribution is -0.122. The summed E-state index contributed by atoms with van der Waals surface area (Å²) in [6, 6.07) is 9.41. The first kappa shape index (κ1) is 20.9. The largest absolute Gasteiger partial charge is 0.468 e. The van der Waals surface area contributed by atoms with Gasteiger partial charge in [-0.1, -0.05) is 37.3 Å². The van der Waals surface area contributed by atoms with E-state index < -0.39 is 10.0 Å². The standard InChI is InChI=1S/C20H25ClN2O4S/c21-16-9-11-19(12-10-16)28(25,26)23(14-18-8-5-13-27-18)15-20(24)22-17-6-3-1-2-4-7-17/h5,8-13,17H,1-4,6-7,14-15H2,(H,22,24). The van der Waals surface area contributed by atoms with Crippen LogP contribution in [0.15, 0.2) is 52.0 Å². The normalized spacial score (nSPS) is 16.1. The van der Waals surface area contributed by atoms with E-state index in [4.69, 9.17) is 16.0 Å². The fourth-order valence-electron chi connectivity index (χ4n) is 3.42. The molecule has 1 saturated carbocycles. The molecule has 1 aliphatic rings. The molecule has 0 spiro atoms. The molecule has 1 amide bonds. The topological polar surface area (TPSA) is 79.6 Å². The maximum absolute atomic E-state index is 13.1. The minimum Gasteiger partial charge on any atom is -0.468 e. The maximum atomic E-state index is 13.1. The summed E-state index contributed by atoms with van der Waals surface area (Å²) in [5.74, 6) is 0.177. The Morgan fingerprint density at radius 2 is 1.79 bits per heavy atom. The second-order valence-electron chi connectivity index (χ2n) is 7.06. The van der Waals surface area contributed by atoms with Crippen LogP contribution in [0.5, 0.6) is 0 Å². The summed E-state index contributed by atoms with van der Waals surface area (Å²) in [6.45, 7) is -0.280. The van der Waals surface area contributed by atoms with E-state index in [0.29, 0.717) is 10.8 Å². The van der Waals surface area contributed by atoms with Crippen molar-refractivity contribution >= 4 is 27.5 Å². The monoisotopic (exact) mass is 424 g/mol. The van der Waals surface area contributed by atoms with Crippen molar-refractivity contribution in [1.29, 1.82) is 0 Å². The number of nitrogens with one attached hydrogen (secondary N) is 1. The molecule has 1 heterocycles. The van der Waals surface area contributed by atoms with Crippen LogP contribution < -0.4 is 5.32 Å². The number of carbonyl (C=O) groups is 1. The molecule has 0 radical (unpaired) electrons. The molecule has 1 N–H and O–H groups in total. The van der Waals surface area contributed by atoms with Crippen LogP contribution in [0.4, 0.5) is 0 Å². The number of nitrogens with zero attached hydrogens (tertiary/aromatic N) is 1. The Hall–Kier alpha value is -1.83. The van der Waals surface area contributed by atoms with Crippen LogP contribution in [-0.4, -0.2) is 31.2 Å². The van der Waals surface area contributed by atoms with E-state index in [1.165, 1.54) is 43.4 Å². The van der Waals surface area contributed by atoms with Crippen molar-refractivity contribution in [3.63, 3.8) is 0 Å². The maximum Gasteiger partial charge on any atom is 0.243 e. The van der Waals surface area contributed by atoms with Gasteiger partial charge in [0.15, 0.2) is 0 Å². The third-order valence-electron chi connectivity index (χ3n) is 4.90. The zero-order valence-electron chi connectivity index (χ0n) is 15.6. The van der Waals surface area contributed by atoms with E-state index in [1.807, 2.05) is 0 Å². The van der Waals surface area contributed by atoms with Gasteiger partial charge in [0.2, 0.25) is 15.9 Å². The first-order chi connectivity index (χ1) is 13.4. The molecule has 6 nitrogen and oxygen atoms in total. The van der Waals surface area contributed by atoms with Gasteiger partial charge in [-0.15, -0.1) is 0 Å². The molecule has 0 atom stereocenters. The van der Waals surface area contributed by atoms with Crippen LogP contribution in [0.25, 0.3) is 0 Å². The van der Waals surface area contributed by atoms with Gasteiger partial charge in [0, 0.05) is 11.1 Å². The highest BCUT2D eigenvalue weighted by Crippen LogP contribution is 2.21. The number of sulfonamides is 1. The van der Waals surface area contributed by atoms with Gasteiger partial charge in [-0.3, -0.25) is 4.79 Å². The minimum absolute atomic E-state index is 0.0178. The van der Waals surface area contributed by atoms with E-state index in [2.05, 4.69) is 5.32 Å². The first-order valence-electron chi connectivity index (χ1n) is 9.52. The molecule has 0 saturated heterocycles. The molecule has 2 aromatic rings. The fraction of sp³-hybridized carbons (Fsp3) is 0.450. The Labute approximate surface area is 170 Å². The van der Waals surface area contributed by atoms with Gasteiger partial charge in [0.05, 0.1) is 24.2 Å². The van der Waals surface area contributed by atoms with E-state index in [-0.39, 0.29) is 29.9 Å². The molecule has 1 aliphatic carbocycles. The molecule has 0 bridgehead atoms. The van der Waals surface area contributed by atoms with E-state index in [1.54, 1.807) is 12.1 Å². The van der Waals surface area contributed by atoms with Gasteiger partial charge >= 0.3 is 0 Å². The number of furan rings is 1. The summed E-state index contributed by atoms with van der Waals surface area (Å²) in [4.78, 5) is 12.7. The van der Waals surface area contributed by atoms with Crippen LogP contribution >= 0.6 is 11.6 Å². The molecule has 1 aromatic carbocycles. The van der Waals surface area contributed by atoms with Crippen molar-refractivity contribution in [3.8, 4) is 0 Å². The van der Waals surface area contributed by atoms with Crippen LogP contribution in [0.1, 0.15) is 44.3 Å². The smallest absolute Gasteiger partial charge is 0.243 e. The lowest BCUT2D eigenvalue weighted by atomic mass is 10.1. The Bertz CT molecular complexity index is 858. The van der Waals surface area contributed by atoms with Crippen LogP contribution in [0, 0.1) is 0 Å². The number of amides is 1. The van der Waals surface area contributed by atoms with Crippen molar-refractivity contribution in [2.24, 2.45) is 0 Å². The third-order valence-corrected chi connectivity index (χ3v) is 6.96. The minimum atomic E-state index is -3.88. The second-order valence-corrected chi connectivity index (χ2v) is 9.44. The predicted octanol–water partition coefficient (Wildman–Crippen LogP) is 3.96. The molecular weight excluding hydrogens is 400 g/mol. The predicted molar refractivity (Wildman–Crippen MR) is 107 cm³/mol. The Morgan fingerprint density at radius 1 is 1.11 bits per heavy atom. The summed E-state index contributed by atoms with van der Waals surface area (Å²) in [7, 11) is -3.88. The average molecular weight is 425 g/mol. The Kier molecular flexibility index (Phi) is 7.15.